The van der Waals surface area contributed by atoms with Gasteiger partial charge in [0.25, 0.3) is 0 Å². The lowest BCUT2D eigenvalue weighted by Gasteiger charge is -2.42. The maximum Gasteiger partial charge on any atom is 0.238 e. The molecule has 22 heavy (non-hydrogen) atoms. The van der Waals surface area contributed by atoms with Gasteiger partial charge >= 0.3 is 0 Å². The molecule has 0 saturated heterocycles. The van der Waals surface area contributed by atoms with E-state index in [2.05, 4.69) is 13.2 Å². The van der Waals surface area contributed by atoms with Gasteiger partial charge in [0.15, 0.2) is 0 Å². The first-order valence-corrected chi connectivity index (χ1v) is 8.30. The van der Waals surface area contributed by atoms with Gasteiger partial charge in [-0.2, -0.15) is 0 Å². The van der Waals surface area contributed by atoms with E-state index in [1.165, 1.54) is 19.3 Å². The number of hydrogen-bond donors (Lipinski definition) is 0. The van der Waals surface area contributed by atoms with E-state index in [4.69, 9.17) is 9.47 Å². The van der Waals surface area contributed by atoms with Crippen LogP contribution >= 0.6 is 0 Å². The fourth-order valence-electron chi connectivity index (χ4n) is 3.43. The molecule has 128 valence electrons. The van der Waals surface area contributed by atoms with Crippen LogP contribution in [0.25, 0.3) is 0 Å². The van der Waals surface area contributed by atoms with E-state index < -0.39 is 6.43 Å². The lowest BCUT2D eigenvalue weighted by molar-refractivity contribution is -0.0672. The Hall–Kier alpha value is -0.740. The van der Waals surface area contributed by atoms with Crippen molar-refractivity contribution < 1.29 is 18.3 Å². The molecule has 1 rings (SSSR count). The minimum absolute atomic E-state index is 0.0919. The highest BCUT2D eigenvalue weighted by molar-refractivity contribution is 4.89. The molecule has 1 saturated carbocycles. The first kappa shape index (κ1) is 19.3. The summed E-state index contributed by atoms with van der Waals surface area (Å²) in [6, 6.07) is 0. The summed E-state index contributed by atoms with van der Waals surface area (Å²) in [5.74, 6) is 0.398. The summed E-state index contributed by atoms with van der Waals surface area (Å²) in [7, 11) is 0. The molecule has 0 bridgehead atoms. The highest BCUT2D eigenvalue weighted by Gasteiger charge is 2.40. The van der Waals surface area contributed by atoms with Gasteiger partial charge in [-0.1, -0.05) is 31.4 Å². The van der Waals surface area contributed by atoms with Crippen molar-refractivity contribution in [3.8, 4) is 0 Å². The molecule has 1 aliphatic rings. The second-order valence-electron chi connectivity index (χ2n) is 6.23. The fraction of sp³-hybridized carbons (Fsp3) is 0.778. The predicted octanol–water partition coefficient (Wildman–Crippen LogP) is 5.00. The second-order valence-corrected chi connectivity index (χ2v) is 6.23. The van der Waals surface area contributed by atoms with Crippen molar-refractivity contribution in [2.24, 2.45) is 11.3 Å². The standard InChI is InChI=1S/C18H30F2O2/c1-3-12-21-14-18(11-10-17(19)20,15-22-13-4-2)16-8-6-5-7-9-16/h3-4,16-17H,1-2,5-15H2. The van der Waals surface area contributed by atoms with E-state index in [0.29, 0.717) is 38.8 Å². The van der Waals surface area contributed by atoms with Gasteiger partial charge in [0, 0.05) is 11.8 Å². The quantitative estimate of drug-likeness (QED) is 0.372. The van der Waals surface area contributed by atoms with Crippen LogP contribution in [0.5, 0.6) is 0 Å². The van der Waals surface area contributed by atoms with Crippen molar-refractivity contribution in [1.82, 2.24) is 0 Å². The number of alkyl halides is 2. The van der Waals surface area contributed by atoms with Gasteiger partial charge in [0.05, 0.1) is 26.4 Å². The lowest BCUT2D eigenvalue weighted by atomic mass is 9.67. The maximum absolute atomic E-state index is 12.8. The first-order valence-electron chi connectivity index (χ1n) is 8.30. The summed E-state index contributed by atoms with van der Waals surface area (Å²) < 4.78 is 37.0. The Bertz CT molecular complexity index is 298. The SMILES string of the molecule is C=CCOCC(CCC(F)F)(COCC=C)C1CCCCC1. The molecule has 0 heterocycles. The Labute approximate surface area is 133 Å². The summed E-state index contributed by atoms with van der Waals surface area (Å²) in [4.78, 5) is 0. The molecule has 1 fully saturated rings. The first-order chi connectivity index (χ1) is 10.6. The van der Waals surface area contributed by atoms with E-state index in [0.717, 1.165) is 12.8 Å². The van der Waals surface area contributed by atoms with E-state index in [-0.39, 0.29) is 11.8 Å². The lowest BCUT2D eigenvalue weighted by Crippen LogP contribution is -2.41. The monoisotopic (exact) mass is 316 g/mol. The topological polar surface area (TPSA) is 18.5 Å². The van der Waals surface area contributed by atoms with Crippen LogP contribution in [0.2, 0.25) is 0 Å². The third-order valence-electron chi connectivity index (χ3n) is 4.58. The smallest absolute Gasteiger partial charge is 0.238 e. The van der Waals surface area contributed by atoms with E-state index in [9.17, 15) is 8.78 Å². The number of ether oxygens (including phenoxy) is 2. The normalized spacial score (nSPS) is 16.9. The maximum atomic E-state index is 12.8. The molecule has 4 heteroatoms. The van der Waals surface area contributed by atoms with Crippen LogP contribution in [0.3, 0.4) is 0 Å². The summed E-state index contributed by atoms with van der Waals surface area (Å²) in [6.45, 7) is 9.14. The molecule has 0 spiro atoms. The Morgan fingerprint density at radius 2 is 1.55 bits per heavy atom. The largest absolute Gasteiger partial charge is 0.377 e. The number of hydrogen-bond acceptors (Lipinski definition) is 2. The molecule has 0 aromatic heterocycles. The highest BCUT2D eigenvalue weighted by atomic mass is 19.3. The van der Waals surface area contributed by atoms with E-state index >= 15 is 0 Å². The van der Waals surface area contributed by atoms with Crippen molar-refractivity contribution in [3.63, 3.8) is 0 Å². The van der Waals surface area contributed by atoms with Crippen LogP contribution in [0.1, 0.15) is 44.9 Å². The predicted molar refractivity (Wildman–Crippen MR) is 86.3 cm³/mol. The summed E-state index contributed by atoms with van der Waals surface area (Å²) >= 11 is 0. The van der Waals surface area contributed by atoms with Crippen molar-refractivity contribution in [3.05, 3.63) is 25.3 Å². The van der Waals surface area contributed by atoms with E-state index in [1.54, 1.807) is 12.2 Å². The number of rotatable bonds is 12. The minimum atomic E-state index is -2.28. The zero-order valence-corrected chi connectivity index (χ0v) is 13.6. The number of halogens is 2. The Kier molecular flexibility index (Phi) is 9.56. The molecule has 0 unspecified atom stereocenters. The Morgan fingerprint density at radius 3 is 2.00 bits per heavy atom. The zero-order valence-electron chi connectivity index (χ0n) is 13.6. The van der Waals surface area contributed by atoms with Gasteiger partial charge in [-0.15, -0.1) is 13.2 Å². The molecule has 0 atom stereocenters. The van der Waals surface area contributed by atoms with Gasteiger partial charge in [-0.05, 0) is 25.2 Å². The van der Waals surface area contributed by atoms with Crippen LogP contribution in [-0.4, -0.2) is 32.9 Å². The van der Waals surface area contributed by atoms with Crippen molar-refractivity contribution >= 4 is 0 Å². The summed E-state index contributed by atoms with van der Waals surface area (Å²) in [6.07, 6.45) is 7.22. The average molecular weight is 316 g/mol. The Balaban J connectivity index is 2.80. The third kappa shape index (κ3) is 6.57. The molecule has 1 aliphatic carbocycles. The second kappa shape index (κ2) is 10.9. The fourth-order valence-corrected chi connectivity index (χ4v) is 3.43. The Morgan fingerprint density at radius 1 is 1.00 bits per heavy atom. The summed E-state index contributed by atoms with van der Waals surface area (Å²) in [5.41, 5.74) is -0.317. The molecule has 0 aromatic rings. The molecular formula is C18H30F2O2. The van der Waals surface area contributed by atoms with Crippen molar-refractivity contribution in [1.29, 1.82) is 0 Å². The van der Waals surface area contributed by atoms with Crippen molar-refractivity contribution in [2.75, 3.05) is 26.4 Å². The average Bonchev–Trinajstić information content (AvgIpc) is 2.53. The molecular weight excluding hydrogens is 286 g/mol. The minimum Gasteiger partial charge on any atom is -0.377 e. The van der Waals surface area contributed by atoms with Gasteiger partial charge in [-0.3, -0.25) is 0 Å². The van der Waals surface area contributed by atoms with E-state index in [1.807, 2.05) is 0 Å². The van der Waals surface area contributed by atoms with Gasteiger partial charge in [0.1, 0.15) is 0 Å². The zero-order chi connectivity index (χ0) is 16.3. The van der Waals surface area contributed by atoms with Crippen LogP contribution in [-0.2, 0) is 9.47 Å². The summed E-state index contributed by atoms with van der Waals surface area (Å²) in [5, 5.41) is 0. The molecule has 0 N–H and O–H groups in total. The van der Waals surface area contributed by atoms with Gasteiger partial charge in [-0.25, -0.2) is 8.78 Å². The molecule has 0 amide bonds. The molecule has 2 nitrogen and oxygen atoms in total. The van der Waals surface area contributed by atoms with Crippen LogP contribution in [0, 0.1) is 11.3 Å². The third-order valence-corrected chi connectivity index (χ3v) is 4.58. The van der Waals surface area contributed by atoms with Gasteiger partial charge < -0.3 is 9.47 Å². The molecule has 0 radical (unpaired) electrons. The highest BCUT2D eigenvalue weighted by Crippen LogP contribution is 2.43. The molecule has 0 aliphatic heterocycles. The van der Waals surface area contributed by atoms with Crippen LogP contribution < -0.4 is 0 Å². The van der Waals surface area contributed by atoms with Crippen LogP contribution in [0.4, 0.5) is 8.78 Å². The van der Waals surface area contributed by atoms with Gasteiger partial charge in [0.2, 0.25) is 6.43 Å². The van der Waals surface area contributed by atoms with Crippen molar-refractivity contribution in [2.45, 2.75) is 51.4 Å². The molecule has 0 aromatic carbocycles. The van der Waals surface area contributed by atoms with Crippen LogP contribution in [0.15, 0.2) is 25.3 Å².